The van der Waals surface area contributed by atoms with Gasteiger partial charge < -0.3 is 5.11 Å². The molecule has 8 nitrogen and oxygen atoms in total. The zero-order valence-corrected chi connectivity index (χ0v) is 20.1. The number of anilines is 1. The summed E-state index contributed by atoms with van der Waals surface area (Å²) in [5, 5.41) is 22.4. The lowest BCUT2D eigenvalue weighted by Crippen LogP contribution is -2.05. The fourth-order valence-electron chi connectivity index (χ4n) is 3.69. The Hall–Kier alpha value is -5.50. The molecule has 0 aliphatic carbocycles. The zero-order valence-electron chi connectivity index (χ0n) is 20.1. The van der Waals surface area contributed by atoms with E-state index >= 15 is 0 Å². The summed E-state index contributed by atoms with van der Waals surface area (Å²) in [6.45, 7) is 0. The van der Waals surface area contributed by atoms with Crippen molar-refractivity contribution in [2.75, 3.05) is 5.43 Å². The Balaban J connectivity index is 1.54. The highest BCUT2D eigenvalue weighted by atomic mass is 16.4. The van der Waals surface area contributed by atoms with Crippen LogP contribution in [0.1, 0.15) is 15.9 Å². The molecule has 0 saturated heterocycles. The summed E-state index contributed by atoms with van der Waals surface area (Å²) in [4.78, 5) is 20.9. The normalized spacial score (nSPS) is 11.4. The Morgan fingerprint density at radius 3 is 1.79 bits per heavy atom. The van der Waals surface area contributed by atoms with Crippen molar-refractivity contribution in [2.24, 2.45) is 15.3 Å². The van der Waals surface area contributed by atoms with Gasteiger partial charge in [-0.1, -0.05) is 103 Å². The second kappa shape index (κ2) is 11.5. The van der Waals surface area contributed by atoms with E-state index in [4.69, 9.17) is 0 Å². The summed E-state index contributed by atoms with van der Waals surface area (Å²) in [5.41, 5.74) is 7.22. The predicted molar refractivity (Wildman–Crippen MR) is 147 cm³/mol. The van der Waals surface area contributed by atoms with Gasteiger partial charge in [-0.2, -0.15) is 5.10 Å². The number of azo groups is 1. The predicted octanol–water partition coefficient (Wildman–Crippen LogP) is 7.07. The lowest BCUT2D eigenvalue weighted by molar-refractivity contribution is 0.0697. The summed E-state index contributed by atoms with van der Waals surface area (Å²) in [5.74, 6) is -0.573. The van der Waals surface area contributed by atoms with Crippen molar-refractivity contribution < 1.29 is 9.90 Å². The van der Waals surface area contributed by atoms with Crippen LogP contribution in [-0.4, -0.2) is 26.9 Å². The third kappa shape index (κ3) is 5.83. The minimum atomic E-state index is -1.09. The molecule has 4 aromatic carbocycles. The van der Waals surface area contributed by atoms with Crippen LogP contribution in [0.5, 0.6) is 0 Å². The summed E-state index contributed by atoms with van der Waals surface area (Å²) >= 11 is 0. The minimum Gasteiger partial charge on any atom is -0.478 e. The van der Waals surface area contributed by atoms with E-state index in [0.29, 0.717) is 5.56 Å². The largest absolute Gasteiger partial charge is 0.478 e. The number of hydrazone groups is 1. The maximum atomic E-state index is 11.6. The number of amidine groups is 1. The molecule has 0 aliphatic heterocycles. The van der Waals surface area contributed by atoms with E-state index < -0.39 is 5.97 Å². The summed E-state index contributed by atoms with van der Waals surface area (Å²) in [7, 11) is 0. The van der Waals surface area contributed by atoms with Gasteiger partial charge in [-0.05, 0) is 18.2 Å². The molecule has 1 aromatic heterocycles. The van der Waals surface area contributed by atoms with Crippen LogP contribution in [-0.2, 0) is 0 Å². The van der Waals surface area contributed by atoms with Gasteiger partial charge in [0.1, 0.15) is 5.69 Å². The van der Waals surface area contributed by atoms with Crippen molar-refractivity contribution >= 4 is 23.4 Å². The van der Waals surface area contributed by atoms with Gasteiger partial charge >= 0.3 is 5.97 Å². The first-order chi connectivity index (χ1) is 18.7. The topological polar surface area (TPSA) is 112 Å². The summed E-state index contributed by atoms with van der Waals surface area (Å²) in [6.07, 6.45) is 0. The van der Waals surface area contributed by atoms with E-state index in [2.05, 4.69) is 30.7 Å². The molecule has 0 radical (unpaired) electrons. The average Bonchev–Trinajstić information content (AvgIpc) is 2.98. The molecule has 8 heteroatoms. The van der Waals surface area contributed by atoms with Gasteiger partial charge in [-0.3, -0.25) is 0 Å². The number of aromatic nitrogens is 2. The lowest BCUT2D eigenvalue weighted by Gasteiger charge is -2.09. The number of aromatic carboxylic acids is 1. The number of nitrogens with one attached hydrogen (secondary N) is 1. The number of carbonyl (C=O) groups is 1. The lowest BCUT2D eigenvalue weighted by atomic mass is 10.1. The van der Waals surface area contributed by atoms with Crippen LogP contribution in [0, 0.1) is 0 Å². The fourth-order valence-corrected chi connectivity index (χ4v) is 3.69. The Labute approximate surface area is 219 Å². The van der Waals surface area contributed by atoms with Gasteiger partial charge in [0.15, 0.2) is 0 Å². The standard InChI is InChI=1S/C30H22N6O2/c37-29(38)24-18-10-11-19-25(24)33-34-28(23-16-8-3-9-17-23)35-36-30-31-26(21-12-4-1-5-13-21)20-27(32-30)22-14-6-2-7-15-22/h1-20H,(H,37,38)(H,31,32,36)/b34-33?,35-28-. The van der Waals surface area contributed by atoms with Crippen molar-refractivity contribution in [3.63, 3.8) is 0 Å². The Morgan fingerprint density at radius 1 is 0.684 bits per heavy atom. The molecule has 184 valence electrons. The Bertz CT molecular complexity index is 1550. The minimum absolute atomic E-state index is 0.0445. The molecule has 0 aliphatic rings. The van der Waals surface area contributed by atoms with Gasteiger partial charge in [0.25, 0.3) is 0 Å². The monoisotopic (exact) mass is 498 g/mol. The number of nitrogens with zero attached hydrogens (tertiary/aromatic N) is 5. The molecule has 1 heterocycles. The van der Waals surface area contributed by atoms with Crippen LogP contribution in [0.3, 0.4) is 0 Å². The Kier molecular flexibility index (Phi) is 7.32. The number of rotatable bonds is 7. The number of hydrogen-bond acceptors (Lipinski definition) is 6. The molecule has 0 spiro atoms. The third-order valence-corrected chi connectivity index (χ3v) is 5.55. The molecular weight excluding hydrogens is 476 g/mol. The van der Waals surface area contributed by atoms with Crippen molar-refractivity contribution in [3.05, 3.63) is 132 Å². The maximum Gasteiger partial charge on any atom is 0.337 e. The molecule has 2 N–H and O–H groups in total. The van der Waals surface area contributed by atoms with Gasteiger partial charge in [0.2, 0.25) is 11.8 Å². The SMILES string of the molecule is O=C(O)c1ccccc1N=N/C(=N\Nc1nc(-c2ccccc2)cc(-c2ccccc2)n1)c1ccccc1. The van der Waals surface area contributed by atoms with Crippen LogP contribution >= 0.6 is 0 Å². The second-order valence-electron chi connectivity index (χ2n) is 8.13. The molecule has 38 heavy (non-hydrogen) atoms. The average molecular weight is 499 g/mol. The number of carboxylic acids is 1. The highest BCUT2D eigenvalue weighted by molar-refractivity contribution is 6.00. The van der Waals surface area contributed by atoms with Crippen molar-refractivity contribution in [2.45, 2.75) is 0 Å². The van der Waals surface area contributed by atoms with Gasteiger partial charge in [-0.25, -0.2) is 20.2 Å². The van der Waals surface area contributed by atoms with E-state index in [1.807, 2.05) is 97.1 Å². The van der Waals surface area contributed by atoms with E-state index in [0.717, 1.165) is 22.5 Å². The van der Waals surface area contributed by atoms with E-state index in [1.165, 1.54) is 6.07 Å². The smallest absolute Gasteiger partial charge is 0.337 e. The molecule has 0 bridgehead atoms. The molecular formula is C30H22N6O2. The van der Waals surface area contributed by atoms with Gasteiger partial charge in [0.05, 0.1) is 17.0 Å². The molecule has 5 rings (SSSR count). The zero-order chi connectivity index (χ0) is 26.2. The van der Waals surface area contributed by atoms with Crippen molar-refractivity contribution in [1.29, 1.82) is 0 Å². The number of carboxylic acid groups (broad SMARTS) is 1. The first kappa shape index (κ1) is 24.2. The summed E-state index contributed by atoms with van der Waals surface area (Å²) < 4.78 is 0. The molecule has 5 aromatic rings. The van der Waals surface area contributed by atoms with Gasteiger partial charge in [0, 0.05) is 16.7 Å². The first-order valence-electron chi connectivity index (χ1n) is 11.8. The Morgan fingerprint density at radius 2 is 1.21 bits per heavy atom. The van der Waals surface area contributed by atoms with Crippen LogP contribution < -0.4 is 5.43 Å². The van der Waals surface area contributed by atoms with Gasteiger partial charge in [-0.15, -0.1) is 10.2 Å². The highest BCUT2D eigenvalue weighted by Crippen LogP contribution is 2.25. The van der Waals surface area contributed by atoms with Crippen molar-refractivity contribution in [3.8, 4) is 22.5 Å². The molecule has 0 unspecified atom stereocenters. The maximum absolute atomic E-state index is 11.6. The van der Waals surface area contributed by atoms with Crippen molar-refractivity contribution in [1.82, 2.24) is 9.97 Å². The second-order valence-corrected chi connectivity index (χ2v) is 8.13. The fraction of sp³-hybridized carbons (Fsp3) is 0. The molecule has 0 amide bonds. The van der Waals surface area contributed by atoms with Crippen LogP contribution in [0.4, 0.5) is 11.6 Å². The van der Waals surface area contributed by atoms with E-state index in [-0.39, 0.29) is 23.0 Å². The number of hydrogen-bond donors (Lipinski definition) is 2. The first-order valence-corrected chi connectivity index (χ1v) is 11.8. The summed E-state index contributed by atoms with van der Waals surface area (Å²) in [6, 6.07) is 37.2. The quantitative estimate of drug-likeness (QED) is 0.108. The van der Waals surface area contributed by atoms with Crippen LogP contribution in [0.15, 0.2) is 137 Å². The van der Waals surface area contributed by atoms with Crippen LogP contribution in [0.25, 0.3) is 22.5 Å². The molecule has 0 atom stereocenters. The third-order valence-electron chi connectivity index (χ3n) is 5.55. The molecule has 0 fully saturated rings. The van der Waals surface area contributed by atoms with E-state index in [9.17, 15) is 9.90 Å². The number of benzene rings is 4. The van der Waals surface area contributed by atoms with E-state index in [1.54, 1.807) is 18.2 Å². The molecule has 0 saturated carbocycles. The highest BCUT2D eigenvalue weighted by Gasteiger charge is 2.11. The van der Waals surface area contributed by atoms with Crippen LogP contribution in [0.2, 0.25) is 0 Å².